The summed E-state index contributed by atoms with van der Waals surface area (Å²) in [6, 6.07) is 19.4. The van der Waals surface area contributed by atoms with E-state index in [1.54, 1.807) is 12.1 Å². The van der Waals surface area contributed by atoms with E-state index in [-0.39, 0.29) is 6.54 Å². The van der Waals surface area contributed by atoms with E-state index in [1.165, 1.54) is 0 Å². The lowest BCUT2D eigenvalue weighted by Gasteiger charge is -1.99. The van der Waals surface area contributed by atoms with Crippen LogP contribution in [0.5, 0.6) is 0 Å². The molecule has 3 rings (SSSR count). The normalized spacial score (nSPS) is 11.2. The van der Waals surface area contributed by atoms with Gasteiger partial charge in [-0.15, -0.1) is 0 Å². The third-order valence-electron chi connectivity index (χ3n) is 3.64. The highest BCUT2D eigenvalue weighted by atomic mass is 35.5. The van der Waals surface area contributed by atoms with Gasteiger partial charge in [-0.25, -0.2) is 0 Å². The monoisotopic (exact) mass is 317 g/mol. The van der Waals surface area contributed by atoms with Crippen molar-refractivity contribution in [3.8, 4) is 12.1 Å². The van der Waals surface area contributed by atoms with Crippen molar-refractivity contribution < 1.29 is 0 Å². The standard InChI is InChI=1S/C19H12ClN3/c20-17-7-5-14(6-8-17)15(12-22)11-16-13-23(10-9-21)19-4-2-1-3-18(16)19/h1-8,11,13H,10H2/b15-11-. The van der Waals surface area contributed by atoms with Gasteiger partial charge in [0.15, 0.2) is 0 Å². The summed E-state index contributed by atoms with van der Waals surface area (Å²) in [5.74, 6) is 0. The molecule has 110 valence electrons. The Morgan fingerprint density at radius 3 is 2.52 bits per heavy atom. The van der Waals surface area contributed by atoms with Crippen LogP contribution < -0.4 is 0 Å². The number of fused-ring (bicyclic) bond motifs is 1. The molecule has 0 aliphatic rings. The SMILES string of the molecule is N#CCn1cc(/C=C(/C#N)c2ccc(Cl)cc2)c2ccccc21. The van der Waals surface area contributed by atoms with Crippen LogP contribution in [-0.2, 0) is 6.54 Å². The van der Waals surface area contributed by atoms with Crippen LogP contribution in [-0.4, -0.2) is 4.57 Å². The first-order valence-corrected chi connectivity index (χ1v) is 7.43. The average molecular weight is 318 g/mol. The number of rotatable bonds is 3. The Kier molecular flexibility index (Phi) is 4.15. The highest BCUT2D eigenvalue weighted by Crippen LogP contribution is 2.26. The highest BCUT2D eigenvalue weighted by molar-refractivity contribution is 6.30. The van der Waals surface area contributed by atoms with Crippen molar-refractivity contribution >= 4 is 34.2 Å². The lowest BCUT2D eigenvalue weighted by molar-refractivity contribution is 0.873. The molecule has 23 heavy (non-hydrogen) atoms. The van der Waals surface area contributed by atoms with Crippen LogP contribution in [0.4, 0.5) is 0 Å². The van der Waals surface area contributed by atoms with Crippen LogP contribution >= 0.6 is 11.6 Å². The molecule has 0 unspecified atom stereocenters. The first-order chi connectivity index (χ1) is 11.2. The van der Waals surface area contributed by atoms with Crippen LogP contribution in [0.3, 0.4) is 0 Å². The summed E-state index contributed by atoms with van der Waals surface area (Å²) in [7, 11) is 0. The molecule has 0 fully saturated rings. The Labute approximate surface area is 139 Å². The van der Waals surface area contributed by atoms with Gasteiger partial charge in [-0.3, -0.25) is 0 Å². The molecule has 3 aromatic rings. The third-order valence-corrected chi connectivity index (χ3v) is 3.89. The summed E-state index contributed by atoms with van der Waals surface area (Å²) in [4.78, 5) is 0. The number of nitrogens with zero attached hydrogens (tertiary/aromatic N) is 3. The second kappa shape index (κ2) is 6.40. The van der Waals surface area contributed by atoms with Gasteiger partial charge in [0.25, 0.3) is 0 Å². The van der Waals surface area contributed by atoms with Crippen molar-refractivity contribution in [1.82, 2.24) is 4.57 Å². The van der Waals surface area contributed by atoms with Crippen LogP contribution in [0, 0.1) is 22.7 Å². The van der Waals surface area contributed by atoms with E-state index in [4.69, 9.17) is 16.9 Å². The number of allylic oxidation sites excluding steroid dienone is 1. The molecule has 1 aromatic heterocycles. The predicted molar refractivity (Wildman–Crippen MR) is 92.5 cm³/mol. The Morgan fingerprint density at radius 2 is 1.83 bits per heavy atom. The zero-order chi connectivity index (χ0) is 16.2. The van der Waals surface area contributed by atoms with Crippen LogP contribution in [0.25, 0.3) is 22.6 Å². The molecule has 1 heterocycles. The molecule has 0 spiro atoms. The van der Waals surface area contributed by atoms with Crippen molar-refractivity contribution in [3.63, 3.8) is 0 Å². The summed E-state index contributed by atoms with van der Waals surface area (Å²) < 4.78 is 1.89. The number of hydrogen-bond acceptors (Lipinski definition) is 2. The maximum absolute atomic E-state index is 9.48. The van der Waals surface area contributed by atoms with Crippen molar-refractivity contribution in [2.24, 2.45) is 0 Å². The smallest absolute Gasteiger partial charge is 0.110 e. The number of para-hydroxylation sites is 1. The minimum Gasteiger partial charge on any atom is -0.333 e. The fourth-order valence-electron chi connectivity index (χ4n) is 2.56. The fourth-order valence-corrected chi connectivity index (χ4v) is 2.69. The van der Waals surface area contributed by atoms with Crippen molar-refractivity contribution in [2.75, 3.05) is 0 Å². The molecular formula is C19H12ClN3. The fraction of sp³-hybridized carbons (Fsp3) is 0.0526. The molecule has 0 aliphatic carbocycles. The van der Waals surface area contributed by atoms with Crippen LogP contribution in [0.1, 0.15) is 11.1 Å². The summed E-state index contributed by atoms with van der Waals surface area (Å²) >= 11 is 5.90. The molecular weight excluding hydrogens is 306 g/mol. The maximum Gasteiger partial charge on any atom is 0.110 e. The zero-order valence-electron chi connectivity index (χ0n) is 12.2. The van der Waals surface area contributed by atoms with E-state index in [9.17, 15) is 5.26 Å². The Balaban J connectivity index is 2.14. The topological polar surface area (TPSA) is 52.5 Å². The van der Waals surface area contributed by atoms with Crippen molar-refractivity contribution in [3.05, 3.63) is 70.9 Å². The van der Waals surface area contributed by atoms with Gasteiger partial charge in [0.05, 0.1) is 17.7 Å². The minimum absolute atomic E-state index is 0.275. The molecule has 0 amide bonds. The number of halogens is 1. The number of aromatic nitrogens is 1. The largest absolute Gasteiger partial charge is 0.333 e. The summed E-state index contributed by atoms with van der Waals surface area (Å²) in [5.41, 5.74) is 3.27. The zero-order valence-corrected chi connectivity index (χ0v) is 13.0. The second-order valence-corrected chi connectivity index (χ2v) is 5.50. The van der Waals surface area contributed by atoms with E-state index in [1.807, 2.05) is 53.2 Å². The van der Waals surface area contributed by atoms with E-state index in [0.29, 0.717) is 10.6 Å². The number of benzene rings is 2. The average Bonchev–Trinajstić information content (AvgIpc) is 2.92. The molecule has 3 nitrogen and oxygen atoms in total. The van der Waals surface area contributed by atoms with Gasteiger partial charge in [-0.05, 0) is 29.8 Å². The number of nitriles is 2. The molecule has 0 N–H and O–H groups in total. The Morgan fingerprint density at radius 1 is 1.09 bits per heavy atom. The van der Waals surface area contributed by atoms with Gasteiger partial charge < -0.3 is 4.57 Å². The molecule has 0 aliphatic heterocycles. The highest BCUT2D eigenvalue weighted by Gasteiger charge is 2.08. The number of hydrogen-bond donors (Lipinski definition) is 0. The second-order valence-electron chi connectivity index (χ2n) is 5.06. The van der Waals surface area contributed by atoms with Gasteiger partial charge in [0.2, 0.25) is 0 Å². The summed E-state index contributed by atoms with van der Waals surface area (Å²) in [6.45, 7) is 0.275. The predicted octanol–water partition coefficient (Wildman–Crippen LogP) is 4.88. The van der Waals surface area contributed by atoms with Gasteiger partial charge in [-0.2, -0.15) is 10.5 Å². The molecule has 0 radical (unpaired) electrons. The molecule has 0 saturated heterocycles. The lowest BCUT2D eigenvalue weighted by Crippen LogP contribution is -1.91. The minimum atomic E-state index is 0.275. The van der Waals surface area contributed by atoms with Gasteiger partial charge in [-0.1, -0.05) is 41.9 Å². The third kappa shape index (κ3) is 2.97. The van der Waals surface area contributed by atoms with Crippen molar-refractivity contribution in [1.29, 1.82) is 10.5 Å². The quantitative estimate of drug-likeness (QED) is 0.646. The molecule has 0 atom stereocenters. The lowest BCUT2D eigenvalue weighted by atomic mass is 10.0. The van der Waals surface area contributed by atoms with E-state index < -0.39 is 0 Å². The molecule has 0 bridgehead atoms. The van der Waals surface area contributed by atoms with E-state index in [0.717, 1.165) is 22.0 Å². The molecule has 0 saturated carbocycles. The first-order valence-electron chi connectivity index (χ1n) is 7.05. The maximum atomic E-state index is 9.48. The van der Waals surface area contributed by atoms with Crippen LogP contribution in [0.15, 0.2) is 54.7 Å². The molecule has 4 heteroatoms. The summed E-state index contributed by atoms with van der Waals surface area (Å²) in [6.07, 6.45) is 3.75. The first kappa shape index (κ1) is 14.9. The summed E-state index contributed by atoms with van der Waals surface area (Å²) in [5, 5.41) is 20.1. The Bertz CT molecular complexity index is 967. The van der Waals surface area contributed by atoms with Gasteiger partial charge >= 0.3 is 0 Å². The van der Waals surface area contributed by atoms with Gasteiger partial charge in [0, 0.05) is 27.7 Å². The van der Waals surface area contributed by atoms with Crippen LogP contribution in [0.2, 0.25) is 5.02 Å². The molecule has 2 aromatic carbocycles. The van der Waals surface area contributed by atoms with E-state index >= 15 is 0 Å². The van der Waals surface area contributed by atoms with Crippen molar-refractivity contribution in [2.45, 2.75) is 6.54 Å². The van der Waals surface area contributed by atoms with Gasteiger partial charge in [0.1, 0.15) is 6.54 Å². The Hall–Kier alpha value is -3.01. The van der Waals surface area contributed by atoms with E-state index in [2.05, 4.69) is 12.1 Å².